The zero-order valence-electron chi connectivity index (χ0n) is 14.8. The van der Waals surface area contributed by atoms with Crippen LogP contribution in [0.3, 0.4) is 0 Å². The van der Waals surface area contributed by atoms with E-state index in [4.69, 9.17) is 9.26 Å². The number of nitrogens with zero attached hydrogens (tertiary/aromatic N) is 4. The van der Waals surface area contributed by atoms with Crippen LogP contribution in [-0.2, 0) is 11.2 Å². The molecule has 7 heteroatoms. The van der Waals surface area contributed by atoms with Gasteiger partial charge in [0.05, 0.1) is 7.11 Å². The number of aromatic nitrogens is 2. The second-order valence-corrected chi connectivity index (χ2v) is 6.16. The van der Waals surface area contributed by atoms with E-state index >= 15 is 0 Å². The second-order valence-electron chi connectivity index (χ2n) is 6.16. The number of rotatable bonds is 6. The monoisotopic (exact) mass is 344 g/mol. The zero-order chi connectivity index (χ0) is 17.6. The Labute approximate surface area is 147 Å². The number of anilines is 1. The van der Waals surface area contributed by atoms with E-state index in [1.165, 1.54) is 0 Å². The van der Waals surface area contributed by atoms with Crippen LogP contribution in [0.4, 0.5) is 5.69 Å². The highest BCUT2D eigenvalue weighted by atomic mass is 16.5. The molecule has 1 aromatic carbocycles. The van der Waals surface area contributed by atoms with Gasteiger partial charge in [-0.2, -0.15) is 4.98 Å². The van der Waals surface area contributed by atoms with Crippen molar-refractivity contribution < 1.29 is 14.1 Å². The molecule has 0 saturated carbocycles. The summed E-state index contributed by atoms with van der Waals surface area (Å²) < 4.78 is 10.3. The van der Waals surface area contributed by atoms with E-state index in [-0.39, 0.29) is 5.91 Å². The van der Waals surface area contributed by atoms with Gasteiger partial charge in [-0.15, -0.1) is 0 Å². The van der Waals surface area contributed by atoms with Crippen LogP contribution in [0.15, 0.2) is 28.8 Å². The van der Waals surface area contributed by atoms with Gasteiger partial charge >= 0.3 is 0 Å². The Balaban J connectivity index is 1.44. The average Bonchev–Trinajstić information content (AvgIpc) is 3.07. The molecule has 25 heavy (non-hydrogen) atoms. The Morgan fingerprint density at radius 1 is 1.28 bits per heavy atom. The summed E-state index contributed by atoms with van der Waals surface area (Å²) in [5, 5.41) is 3.76. The molecule has 1 saturated heterocycles. The number of carbonyl (C=O) groups is 1. The van der Waals surface area contributed by atoms with E-state index < -0.39 is 0 Å². The summed E-state index contributed by atoms with van der Waals surface area (Å²) in [6.07, 6.45) is 1.90. The topological polar surface area (TPSA) is 71.7 Å². The molecule has 1 aliphatic rings. The van der Waals surface area contributed by atoms with E-state index in [2.05, 4.69) is 21.1 Å². The first-order valence-corrected chi connectivity index (χ1v) is 8.61. The first-order chi connectivity index (χ1) is 12.2. The number of benzene rings is 1. The maximum atomic E-state index is 12.4. The van der Waals surface area contributed by atoms with Crippen LogP contribution >= 0.6 is 0 Å². The smallest absolute Gasteiger partial charge is 0.226 e. The molecule has 1 amide bonds. The number of aryl methyl sites for hydroxylation is 2. The van der Waals surface area contributed by atoms with E-state index in [0.29, 0.717) is 24.6 Å². The molecule has 7 nitrogen and oxygen atoms in total. The number of amides is 1. The van der Waals surface area contributed by atoms with E-state index in [1.807, 2.05) is 23.1 Å². The molecule has 0 unspecified atom stereocenters. The Bertz CT molecular complexity index is 708. The van der Waals surface area contributed by atoms with Crippen molar-refractivity contribution >= 4 is 11.6 Å². The largest absolute Gasteiger partial charge is 0.497 e. The molecule has 3 rings (SSSR count). The molecule has 1 aliphatic heterocycles. The molecular formula is C18H24N4O3. The summed E-state index contributed by atoms with van der Waals surface area (Å²) in [5.41, 5.74) is 1.14. The van der Waals surface area contributed by atoms with Crippen molar-refractivity contribution in [2.45, 2.75) is 26.2 Å². The van der Waals surface area contributed by atoms with Gasteiger partial charge in [0.2, 0.25) is 11.8 Å². The maximum absolute atomic E-state index is 12.4. The van der Waals surface area contributed by atoms with Crippen molar-refractivity contribution in [2.24, 2.45) is 0 Å². The SMILES string of the molecule is COc1cccc(N2CCN(C(=O)CCCc3nc(C)no3)CC2)c1. The molecular weight excluding hydrogens is 320 g/mol. The van der Waals surface area contributed by atoms with Crippen molar-refractivity contribution in [3.8, 4) is 5.75 Å². The van der Waals surface area contributed by atoms with Crippen molar-refractivity contribution in [1.82, 2.24) is 15.0 Å². The van der Waals surface area contributed by atoms with Gasteiger partial charge in [0.25, 0.3) is 0 Å². The highest BCUT2D eigenvalue weighted by Crippen LogP contribution is 2.22. The van der Waals surface area contributed by atoms with Gasteiger partial charge in [-0.3, -0.25) is 4.79 Å². The molecule has 0 bridgehead atoms. The standard InChI is InChI=1S/C18H24N4O3/c1-14-19-17(25-20-14)7-4-8-18(23)22-11-9-21(10-12-22)15-5-3-6-16(13-15)24-2/h3,5-6,13H,4,7-12H2,1-2H3. The number of ether oxygens (including phenoxy) is 1. The van der Waals surface area contributed by atoms with Crippen molar-refractivity contribution in [1.29, 1.82) is 0 Å². The summed E-state index contributed by atoms with van der Waals surface area (Å²) in [4.78, 5) is 20.7. The van der Waals surface area contributed by atoms with Crippen LogP contribution in [0.2, 0.25) is 0 Å². The summed E-state index contributed by atoms with van der Waals surface area (Å²) >= 11 is 0. The second kappa shape index (κ2) is 8.00. The van der Waals surface area contributed by atoms with Crippen LogP contribution < -0.4 is 9.64 Å². The van der Waals surface area contributed by atoms with Crippen LogP contribution in [-0.4, -0.2) is 54.2 Å². The number of piperazine rings is 1. The Kier molecular flexibility index (Phi) is 5.53. The first-order valence-electron chi connectivity index (χ1n) is 8.61. The van der Waals surface area contributed by atoms with Gasteiger partial charge in [-0.05, 0) is 25.5 Å². The predicted molar refractivity (Wildman–Crippen MR) is 93.8 cm³/mol. The molecule has 1 aromatic heterocycles. The third kappa shape index (κ3) is 4.49. The van der Waals surface area contributed by atoms with E-state index in [1.54, 1.807) is 14.0 Å². The van der Waals surface area contributed by atoms with Gasteiger partial charge < -0.3 is 19.1 Å². The van der Waals surface area contributed by atoms with E-state index in [9.17, 15) is 4.79 Å². The highest BCUT2D eigenvalue weighted by molar-refractivity contribution is 5.76. The fourth-order valence-electron chi connectivity index (χ4n) is 3.01. The van der Waals surface area contributed by atoms with Crippen molar-refractivity contribution in [2.75, 3.05) is 38.2 Å². The van der Waals surface area contributed by atoms with Crippen LogP contribution in [0.1, 0.15) is 24.6 Å². The Hall–Kier alpha value is -2.57. The first kappa shape index (κ1) is 17.3. The van der Waals surface area contributed by atoms with Gasteiger partial charge in [0, 0.05) is 50.8 Å². The molecule has 0 aliphatic carbocycles. The molecule has 134 valence electrons. The van der Waals surface area contributed by atoms with Gasteiger partial charge in [-0.1, -0.05) is 11.2 Å². The van der Waals surface area contributed by atoms with E-state index in [0.717, 1.165) is 44.0 Å². The van der Waals surface area contributed by atoms with Crippen molar-refractivity contribution in [3.05, 3.63) is 36.0 Å². The van der Waals surface area contributed by atoms with Crippen molar-refractivity contribution in [3.63, 3.8) is 0 Å². The third-order valence-corrected chi connectivity index (χ3v) is 4.40. The fraction of sp³-hybridized carbons (Fsp3) is 0.500. The number of hydrogen-bond donors (Lipinski definition) is 0. The zero-order valence-corrected chi connectivity index (χ0v) is 14.8. The molecule has 1 fully saturated rings. The normalized spacial score (nSPS) is 14.6. The fourth-order valence-corrected chi connectivity index (χ4v) is 3.01. The Morgan fingerprint density at radius 2 is 2.08 bits per heavy atom. The van der Waals surface area contributed by atoms with Gasteiger partial charge in [0.15, 0.2) is 5.82 Å². The van der Waals surface area contributed by atoms with Crippen LogP contribution in [0.25, 0.3) is 0 Å². The summed E-state index contributed by atoms with van der Waals surface area (Å²) in [7, 11) is 1.67. The lowest BCUT2D eigenvalue weighted by Gasteiger charge is -2.36. The molecule has 0 spiro atoms. The molecule has 2 aromatic rings. The minimum atomic E-state index is 0.196. The van der Waals surface area contributed by atoms with Crippen LogP contribution in [0.5, 0.6) is 5.75 Å². The van der Waals surface area contributed by atoms with Gasteiger partial charge in [0.1, 0.15) is 5.75 Å². The lowest BCUT2D eigenvalue weighted by Crippen LogP contribution is -2.48. The molecule has 0 radical (unpaired) electrons. The minimum absolute atomic E-state index is 0.196. The lowest BCUT2D eigenvalue weighted by atomic mass is 10.2. The summed E-state index contributed by atoms with van der Waals surface area (Å²) in [5.74, 6) is 2.29. The van der Waals surface area contributed by atoms with Gasteiger partial charge in [-0.25, -0.2) is 0 Å². The third-order valence-electron chi connectivity index (χ3n) is 4.40. The van der Waals surface area contributed by atoms with Crippen LogP contribution in [0, 0.1) is 6.92 Å². The molecule has 0 atom stereocenters. The Morgan fingerprint density at radius 3 is 2.76 bits per heavy atom. The summed E-state index contributed by atoms with van der Waals surface area (Å²) in [6.45, 7) is 4.95. The summed E-state index contributed by atoms with van der Waals surface area (Å²) in [6, 6.07) is 8.04. The number of hydrogen-bond acceptors (Lipinski definition) is 6. The maximum Gasteiger partial charge on any atom is 0.226 e. The molecule has 2 heterocycles. The molecule has 0 N–H and O–H groups in total. The number of carbonyl (C=O) groups excluding carboxylic acids is 1. The lowest BCUT2D eigenvalue weighted by molar-refractivity contribution is -0.131. The highest BCUT2D eigenvalue weighted by Gasteiger charge is 2.21. The average molecular weight is 344 g/mol. The quantitative estimate of drug-likeness (QED) is 0.799. The predicted octanol–water partition coefficient (Wildman–Crippen LogP) is 2.06. The number of methoxy groups -OCH3 is 1. The minimum Gasteiger partial charge on any atom is -0.497 e.